The Balaban J connectivity index is 2.03. The highest BCUT2D eigenvalue weighted by molar-refractivity contribution is 7.80. The second-order valence-electron chi connectivity index (χ2n) is 5.04. The van der Waals surface area contributed by atoms with Gasteiger partial charge in [-0.15, -0.1) is 23.3 Å². The van der Waals surface area contributed by atoms with Crippen molar-refractivity contribution >= 4 is 18.5 Å². The highest BCUT2D eigenvalue weighted by Gasteiger charge is 2.22. The van der Waals surface area contributed by atoms with Gasteiger partial charge in [0.05, 0.1) is 17.4 Å². The summed E-state index contributed by atoms with van der Waals surface area (Å²) in [4.78, 5) is 0. The summed E-state index contributed by atoms with van der Waals surface area (Å²) in [6.45, 7) is 6.98. The quantitative estimate of drug-likeness (QED) is 0.757. The largest absolute Gasteiger partial charge is 0.271 e. The molecule has 0 atom stereocenters. The standard InChI is InChI=1S/C14H18N6S/c1-4-19-13(16-17-18-19)12-8-15-20(14(12)21)11-6-9(2)5-10(3)7-11/h5-8,17-18,21H,4H2,1-3H3. The Morgan fingerprint density at radius 1 is 1.19 bits per heavy atom. The maximum absolute atomic E-state index is 4.63. The molecule has 0 aliphatic carbocycles. The van der Waals surface area contributed by atoms with Gasteiger partial charge in [0.25, 0.3) is 0 Å². The van der Waals surface area contributed by atoms with Crippen LogP contribution < -0.4 is 11.1 Å². The Morgan fingerprint density at radius 3 is 2.57 bits per heavy atom. The molecule has 0 spiro atoms. The fourth-order valence-electron chi connectivity index (χ4n) is 2.45. The number of amidine groups is 1. The minimum absolute atomic E-state index is 0.766. The van der Waals surface area contributed by atoms with Gasteiger partial charge in [0.1, 0.15) is 5.03 Å². The minimum Gasteiger partial charge on any atom is -0.271 e. The predicted molar refractivity (Wildman–Crippen MR) is 85.5 cm³/mol. The van der Waals surface area contributed by atoms with Crippen LogP contribution >= 0.6 is 12.6 Å². The lowest BCUT2D eigenvalue weighted by Crippen LogP contribution is -2.40. The van der Waals surface area contributed by atoms with Crippen LogP contribution in [0.25, 0.3) is 5.69 Å². The molecule has 1 aliphatic heterocycles. The third-order valence-electron chi connectivity index (χ3n) is 3.35. The van der Waals surface area contributed by atoms with Crippen LogP contribution in [0.5, 0.6) is 0 Å². The predicted octanol–water partition coefficient (Wildman–Crippen LogP) is 1.78. The van der Waals surface area contributed by atoms with E-state index in [1.165, 1.54) is 11.1 Å². The molecule has 1 aliphatic rings. The van der Waals surface area contributed by atoms with Crippen LogP contribution in [0.4, 0.5) is 0 Å². The molecular formula is C14H18N6S. The maximum atomic E-state index is 4.63. The number of aryl methyl sites for hydroxylation is 2. The van der Waals surface area contributed by atoms with Crippen molar-refractivity contribution in [2.45, 2.75) is 25.8 Å². The Bertz CT molecular complexity index is 685. The molecule has 2 heterocycles. The van der Waals surface area contributed by atoms with Crippen LogP contribution in [0.3, 0.4) is 0 Å². The number of hydrazine groups is 2. The van der Waals surface area contributed by atoms with E-state index >= 15 is 0 Å². The van der Waals surface area contributed by atoms with Gasteiger partial charge in [0.2, 0.25) is 0 Å². The molecule has 0 bridgehead atoms. The van der Waals surface area contributed by atoms with Gasteiger partial charge < -0.3 is 0 Å². The Morgan fingerprint density at radius 2 is 1.90 bits per heavy atom. The molecule has 110 valence electrons. The first-order valence-corrected chi connectivity index (χ1v) is 7.26. The number of hydrogen-bond donors (Lipinski definition) is 3. The number of benzene rings is 1. The second-order valence-corrected chi connectivity index (χ2v) is 5.47. The van der Waals surface area contributed by atoms with Crippen molar-refractivity contribution in [2.75, 3.05) is 6.54 Å². The fraction of sp³-hybridized carbons (Fsp3) is 0.286. The SMILES string of the molecule is CCN1NNN=C1c1cnn(-c2cc(C)cc(C)c2)c1S. The molecule has 1 aromatic carbocycles. The van der Waals surface area contributed by atoms with Crippen LogP contribution in [-0.2, 0) is 0 Å². The molecule has 0 unspecified atom stereocenters. The Kier molecular flexibility index (Phi) is 3.60. The smallest absolute Gasteiger partial charge is 0.177 e. The van der Waals surface area contributed by atoms with E-state index in [2.05, 4.69) is 65.9 Å². The molecule has 0 saturated carbocycles. The monoisotopic (exact) mass is 302 g/mol. The van der Waals surface area contributed by atoms with Crippen molar-refractivity contribution in [3.8, 4) is 5.69 Å². The Labute approximate surface area is 129 Å². The molecule has 0 saturated heterocycles. The van der Waals surface area contributed by atoms with Crippen molar-refractivity contribution in [3.63, 3.8) is 0 Å². The molecule has 0 amide bonds. The van der Waals surface area contributed by atoms with Crippen molar-refractivity contribution in [1.82, 2.24) is 25.9 Å². The summed E-state index contributed by atoms with van der Waals surface area (Å²) < 4.78 is 1.83. The van der Waals surface area contributed by atoms with Gasteiger partial charge in [-0.2, -0.15) is 5.10 Å². The lowest BCUT2D eigenvalue weighted by atomic mass is 10.1. The normalized spacial score (nSPS) is 14.3. The summed E-state index contributed by atoms with van der Waals surface area (Å²) in [5.74, 6) is 0.790. The number of aromatic nitrogens is 2. The molecule has 1 aromatic heterocycles. The van der Waals surface area contributed by atoms with Crippen molar-refractivity contribution < 1.29 is 0 Å². The molecule has 3 rings (SSSR count). The number of thiol groups is 1. The molecule has 0 fully saturated rings. The van der Waals surface area contributed by atoms with E-state index in [0.29, 0.717) is 0 Å². The third-order valence-corrected chi connectivity index (χ3v) is 3.78. The number of rotatable bonds is 3. The van der Waals surface area contributed by atoms with Gasteiger partial charge in [-0.25, -0.2) is 10.2 Å². The summed E-state index contributed by atoms with van der Waals surface area (Å²) >= 11 is 4.63. The van der Waals surface area contributed by atoms with E-state index in [4.69, 9.17) is 0 Å². The van der Waals surface area contributed by atoms with Gasteiger partial charge in [-0.05, 0) is 44.0 Å². The summed E-state index contributed by atoms with van der Waals surface area (Å²) in [6, 6.07) is 6.32. The first-order chi connectivity index (χ1) is 10.1. The number of nitrogens with one attached hydrogen (secondary N) is 2. The molecular weight excluding hydrogens is 284 g/mol. The Hall–Kier alpha value is -1.99. The van der Waals surface area contributed by atoms with Crippen molar-refractivity contribution in [2.24, 2.45) is 5.10 Å². The van der Waals surface area contributed by atoms with E-state index in [1.807, 2.05) is 16.6 Å². The first kappa shape index (κ1) is 14.0. The molecule has 2 N–H and O–H groups in total. The summed E-state index contributed by atoms with van der Waals surface area (Å²) in [5.41, 5.74) is 10.0. The molecule has 21 heavy (non-hydrogen) atoms. The number of hydrogen-bond acceptors (Lipinski definition) is 6. The maximum Gasteiger partial charge on any atom is 0.177 e. The zero-order valence-corrected chi connectivity index (χ0v) is 13.1. The number of nitrogens with zero attached hydrogens (tertiary/aromatic N) is 4. The zero-order valence-electron chi connectivity index (χ0n) is 12.3. The van der Waals surface area contributed by atoms with Crippen molar-refractivity contribution in [3.05, 3.63) is 41.1 Å². The van der Waals surface area contributed by atoms with Crippen LogP contribution in [0.2, 0.25) is 0 Å². The lowest BCUT2D eigenvalue weighted by Gasteiger charge is -2.15. The van der Waals surface area contributed by atoms with Gasteiger partial charge in [-0.3, -0.25) is 5.01 Å². The van der Waals surface area contributed by atoms with Gasteiger partial charge >= 0.3 is 0 Å². The molecule has 2 aromatic rings. The van der Waals surface area contributed by atoms with Gasteiger partial charge in [0, 0.05) is 6.54 Å². The topological polar surface area (TPSA) is 57.5 Å². The first-order valence-electron chi connectivity index (χ1n) is 6.82. The average molecular weight is 302 g/mol. The minimum atomic E-state index is 0.766. The molecule has 6 nitrogen and oxygen atoms in total. The van der Waals surface area contributed by atoms with Crippen molar-refractivity contribution in [1.29, 1.82) is 0 Å². The second kappa shape index (κ2) is 5.42. The summed E-state index contributed by atoms with van der Waals surface area (Å²) in [5, 5.41) is 11.4. The van der Waals surface area contributed by atoms with E-state index in [9.17, 15) is 0 Å². The highest BCUT2D eigenvalue weighted by atomic mass is 32.1. The summed E-state index contributed by atoms with van der Waals surface area (Å²) in [6.07, 6.45) is 1.79. The summed E-state index contributed by atoms with van der Waals surface area (Å²) in [7, 11) is 0. The van der Waals surface area contributed by atoms with E-state index in [0.717, 1.165) is 28.7 Å². The lowest BCUT2D eigenvalue weighted by molar-refractivity contribution is 0.308. The van der Waals surface area contributed by atoms with Crippen LogP contribution in [0.1, 0.15) is 23.6 Å². The number of hydrazone groups is 1. The van der Waals surface area contributed by atoms with E-state index < -0.39 is 0 Å². The van der Waals surface area contributed by atoms with Crippen LogP contribution in [-0.4, -0.2) is 27.2 Å². The fourth-order valence-corrected chi connectivity index (χ4v) is 2.77. The van der Waals surface area contributed by atoms with E-state index in [1.54, 1.807) is 6.20 Å². The highest BCUT2D eigenvalue weighted by Crippen LogP contribution is 2.22. The van der Waals surface area contributed by atoms with Crippen LogP contribution in [0.15, 0.2) is 34.5 Å². The molecule has 7 heteroatoms. The van der Waals surface area contributed by atoms with E-state index in [-0.39, 0.29) is 0 Å². The third kappa shape index (κ3) is 2.50. The van der Waals surface area contributed by atoms with Crippen LogP contribution in [0, 0.1) is 13.8 Å². The van der Waals surface area contributed by atoms with Gasteiger partial charge in [0.15, 0.2) is 5.84 Å². The zero-order chi connectivity index (χ0) is 15.0. The average Bonchev–Trinajstić information content (AvgIpc) is 3.03. The molecule has 0 radical (unpaired) electrons. The van der Waals surface area contributed by atoms with Gasteiger partial charge in [-0.1, -0.05) is 6.07 Å².